The van der Waals surface area contributed by atoms with Crippen LogP contribution in [0.1, 0.15) is 43.6 Å². The van der Waals surface area contributed by atoms with Crippen molar-refractivity contribution >= 4 is 11.6 Å². The third-order valence-electron chi connectivity index (χ3n) is 4.80. The molecule has 2 saturated carbocycles. The number of halogens is 1. The molecule has 0 heterocycles. The van der Waals surface area contributed by atoms with Gasteiger partial charge in [-0.05, 0) is 55.2 Å². The van der Waals surface area contributed by atoms with Crippen molar-refractivity contribution in [3.63, 3.8) is 0 Å². The van der Waals surface area contributed by atoms with Gasteiger partial charge in [0.2, 0.25) is 0 Å². The molecule has 2 N–H and O–H groups in total. The fourth-order valence-corrected chi connectivity index (χ4v) is 3.76. The lowest BCUT2D eigenvalue weighted by atomic mass is 9.75. The number of rotatable bonds is 4. The first kappa shape index (κ1) is 13.4. The van der Waals surface area contributed by atoms with Crippen LogP contribution in [0.25, 0.3) is 0 Å². The molecule has 0 amide bonds. The van der Waals surface area contributed by atoms with Gasteiger partial charge in [-0.25, -0.2) is 0 Å². The Kier molecular flexibility index (Phi) is 4.11. The Morgan fingerprint density at radius 3 is 2.84 bits per heavy atom. The van der Waals surface area contributed by atoms with Gasteiger partial charge in [0.15, 0.2) is 0 Å². The van der Waals surface area contributed by atoms with Crippen LogP contribution in [0, 0.1) is 5.92 Å². The summed E-state index contributed by atoms with van der Waals surface area (Å²) in [5.74, 6) is 1.13. The second-order valence-electron chi connectivity index (χ2n) is 6.07. The van der Waals surface area contributed by atoms with Gasteiger partial charge in [-0.15, -0.1) is 0 Å². The first-order valence-corrected chi connectivity index (χ1v) is 7.76. The largest absolute Gasteiger partial charge is 0.396 e. The van der Waals surface area contributed by atoms with Crippen molar-refractivity contribution in [3.05, 3.63) is 34.9 Å². The van der Waals surface area contributed by atoms with Gasteiger partial charge >= 0.3 is 0 Å². The monoisotopic (exact) mass is 279 g/mol. The van der Waals surface area contributed by atoms with Crippen molar-refractivity contribution in [1.29, 1.82) is 0 Å². The molecule has 0 bridgehead atoms. The van der Waals surface area contributed by atoms with Gasteiger partial charge in [0, 0.05) is 23.7 Å². The maximum atomic E-state index is 9.35. The Morgan fingerprint density at radius 2 is 2.11 bits per heavy atom. The topological polar surface area (TPSA) is 32.3 Å². The van der Waals surface area contributed by atoms with E-state index in [-0.39, 0.29) is 0 Å². The van der Waals surface area contributed by atoms with Crippen LogP contribution in [0.5, 0.6) is 0 Å². The highest BCUT2D eigenvalue weighted by Crippen LogP contribution is 2.39. The second kappa shape index (κ2) is 5.82. The van der Waals surface area contributed by atoms with Crippen LogP contribution in [0.15, 0.2) is 24.3 Å². The lowest BCUT2D eigenvalue weighted by molar-refractivity contribution is 0.179. The fourth-order valence-electron chi connectivity index (χ4n) is 3.56. The standard InChI is InChI=1S/C16H22ClNO/c17-14-5-1-3-11(7-14)13-8-15(9-13)18-16-6-2-4-12(16)10-19/h1,3,5,7,12-13,15-16,18-19H,2,4,6,8-10H2. The number of aliphatic hydroxyl groups is 1. The third kappa shape index (κ3) is 2.96. The van der Waals surface area contributed by atoms with Crippen molar-refractivity contribution < 1.29 is 5.11 Å². The molecule has 1 aromatic carbocycles. The number of hydrogen-bond acceptors (Lipinski definition) is 2. The molecule has 0 aromatic heterocycles. The van der Waals surface area contributed by atoms with Gasteiger partial charge in [0.25, 0.3) is 0 Å². The molecule has 3 rings (SSSR count). The Balaban J connectivity index is 1.50. The van der Waals surface area contributed by atoms with Crippen molar-refractivity contribution in [1.82, 2.24) is 5.32 Å². The van der Waals surface area contributed by atoms with Gasteiger partial charge in [-0.3, -0.25) is 0 Å². The van der Waals surface area contributed by atoms with Gasteiger partial charge in [0.1, 0.15) is 0 Å². The van der Waals surface area contributed by atoms with Gasteiger partial charge in [0.05, 0.1) is 0 Å². The Morgan fingerprint density at radius 1 is 1.26 bits per heavy atom. The van der Waals surface area contributed by atoms with Crippen molar-refractivity contribution in [2.45, 2.75) is 50.1 Å². The van der Waals surface area contributed by atoms with Crippen LogP contribution in [-0.4, -0.2) is 23.8 Å². The van der Waals surface area contributed by atoms with E-state index in [1.165, 1.54) is 37.7 Å². The third-order valence-corrected chi connectivity index (χ3v) is 5.04. The second-order valence-corrected chi connectivity index (χ2v) is 6.50. The molecule has 0 saturated heterocycles. The van der Waals surface area contributed by atoms with E-state index in [0.29, 0.717) is 30.5 Å². The summed E-state index contributed by atoms with van der Waals surface area (Å²) >= 11 is 6.04. The molecule has 0 radical (unpaired) electrons. The van der Waals surface area contributed by atoms with E-state index < -0.39 is 0 Å². The SMILES string of the molecule is OCC1CCCC1NC1CC(c2cccc(Cl)c2)C1. The summed E-state index contributed by atoms with van der Waals surface area (Å²) in [5.41, 5.74) is 1.37. The molecule has 19 heavy (non-hydrogen) atoms. The zero-order valence-electron chi connectivity index (χ0n) is 11.2. The molecular formula is C16H22ClNO. The maximum Gasteiger partial charge on any atom is 0.0474 e. The van der Waals surface area contributed by atoms with Crippen LogP contribution < -0.4 is 5.32 Å². The summed E-state index contributed by atoms with van der Waals surface area (Å²) in [6.07, 6.45) is 6.07. The van der Waals surface area contributed by atoms with Crippen LogP contribution >= 0.6 is 11.6 Å². The molecule has 2 fully saturated rings. The number of hydrogen-bond donors (Lipinski definition) is 2. The molecule has 0 spiro atoms. The minimum atomic E-state index is 0.335. The van der Waals surface area contributed by atoms with E-state index in [4.69, 9.17) is 11.6 Å². The maximum absolute atomic E-state index is 9.35. The van der Waals surface area contributed by atoms with Crippen molar-refractivity contribution in [2.75, 3.05) is 6.61 Å². The molecule has 2 atom stereocenters. The minimum Gasteiger partial charge on any atom is -0.396 e. The van der Waals surface area contributed by atoms with E-state index >= 15 is 0 Å². The minimum absolute atomic E-state index is 0.335. The van der Waals surface area contributed by atoms with E-state index in [1.807, 2.05) is 12.1 Å². The summed E-state index contributed by atoms with van der Waals surface area (Å²) < 4.78 is 0. The van der Waals surface area contributed by atoms with Gasteiger partial charge < -0.3 is 10.4 Å². The predicted octanol–water partition coefficient (Wildman–Crippen LogP) is 3.34. The highest BCUT2D eigenvalue weighted by Gasteiger charge is 2.35. The Hall–Kier alpha value is -0.570. The quantitative estimate of drug-likeness (QED) is 0.886. The van der Waals surface area contributed by atoms with Crippen molar-refractivity contribution in [3.8, 4) is 0 Å². The van der Waals surface area contributed by atoms with E-state index in [1.54, 1.807) is 0 Å². The molecular weight excluding hydrogens is 258 g/mol. The first-order valence-electron chi connectivity index (χ1n) is 7.38. The number of nitrogens with one attached hydrogen (secondary N) is 1. The molecule has 2 unspecified atom stereocenters. The van der Waals surface area contributed by atoms with E-state index in [9.17, 15) is 5.11 Å². The normalized spacial score (nSPS) is 34.2. The molecule has 3 heteroatoms. The molecule has 104 valence electrons. The Bertz CT molecular complexity index is 431. The number of aliphatic hydroxyl groups excluding tert-OH is 1. The highest BCUT2D eigenvalue weighted by molar-refractivity contribution is 6.30. The highest BCUT2D eigenvalue weighted by atomic mass is 35.5. The van der Waals surface area contributed by atoms with Crippen LogP contribution in [0.2, 0.25) is 5.02 Å². The zero-order chi connectivity index (χ0) is 13.2. The van der Waals surface area contributed by atoms with Gasteiger partial charge in [-0.2, -0.15) is 0 Å². The fraction of sp³-hybridized carbons (Fsp3) is 0.625. The molecule has 2 nitrogen and oxygen atoms in total. The summed E-state index contributed by atoms with van der Waals surface area (Å²) in [5, 5.41) is 13.9. The summed E-state index contributed by atoms with van der Waals surface area (Å²) in [6.45, 7) is 0.335. The predicted molar refractivity (Wildman–Crippen MR) is 78.6 cm³/mol. The van der Waals surface area contributed by atoms with Crippen molar-refractivity contribution in [2.24, 2.45) is 5.92 Å². The average molecular weight is 280 g/mol. The molecule has 1 aromatic rings. The van der Waals surface area contributed by atoms with E-state index in [0.717, 1.165) is 5.02 Å². The number of benzene rings is 1. The molecule has 0 aliphatic heterocycles. The Labute approximate surface area is 120 Å². The average Bonchev–Trinajstić information content (AvgIpc) is 2.80. The first-order chi connectivity index (χ1) is 9.26. The van der Waals surface area contributed by atoms with E-state index in [2.05, 4.69) is 17.4 Å². The lowest BCUT2D eigenvalue weighted by Crippen LogP contribution is -2.47. The smallest absolute Gasteiger partial charge is 0.0474 e. The molecule has 2 aliphatic carbocycles. The lowest BCUT2D eigenvalue weighted by Gasteiger charge is -2.39. The summed E-state index contributed by atoms with van der Waals surface area (Å²) in [4.78, 5) is 0. The van der Waals surface area contributed by atoms with Crippen LogP contribution in [0.3, 0.4) is 0 Å². The van der Waals surface area contributed by atoms with Crippen LogP contribution in [0.4, 0.5) is 0 Å². The van der Waals surface area contributed by atoms with Crippen LogP contribution in [-0.2, 0) is 0 Å². The summed E-state index contributed by atoms with van der Waals surface area (Å²) in [7, 11) is 0. The summed E-state index contributed by atoms with van der Waals surface area (Å²) in [6, 6.07) is 9.41. The van der Waals surface area contributed by atoms with Gasteiger partial charge in [-0.1, -0.05) is 30.2 Å². The zero-order valence-corrected chi connectivity index (χ0v) is 11.9. The molecule has 2 aliphatic rings.